The van der Waals surface area contributed by atoms with Gasteiger partial charge < -0.3 is 116 Å². The van der Waals surface area contributed by atoms with Crippen LogP contribution in [0.25, 0.3) is 0 Å². The lowest BCUT2D eigenvalue weighted by molar-refractivity contribution is -0.355. The number of aliphatic hydroxyl groups is 19. The lowest BCUT2D eigenvalue weighted by atomic mass is 9.97. The van der Waals surface area contributed by atoms with Crippen LogP contribution in [0.3, 0.4) is 0 Å². The molecule has 19 N–H and O–H groups in total. The van der Waals surface area contributed by atoms with E-state index in [1.54, 1.807) is 0 Å². The molecule has 0 spiro atoms. The van der Waals surface area contributed by atoms with Crippen LogP contribution in [0.4, 0.5) is 0 Å². The van der Waals surface area contributed by atoms with Crippen LogP contribution < -0.4 is 0 Å². The van der Waals surface area contributed by atoms with Crippen molar-refractivity contribution in [2.45, 2.75) is 110 Å². The van der Waals surface area contributed by atoms with E-state index >= 15 is 0 Å². The first-order chi connectivity index (χ1) is 21.9. The molecule has 23 heteroatoms. The van der Waals surface area contributed by atoms with Gasteiger partial charge in [-0.15, -0.1) is 0 Å². The van der Waals surface area contributed by atoms with Crippen molar-refractivity contribution in [1.29, 1.82) is 0 Å². The van der Waals surface area contributed by atoms with Crippen molar-refractivity contribution in [2.75, 3.05) is 33.0 Å². The van der Waals surface area contributed by atoms with Crippen molar-refractivity contribution in [3.8, 4) is 0 Å². The molecule has 0 saturated carbocycles. The highest BCUT2D eigenvalue weighted by Crippen LogP contribution is 2.28. The Morgan fingerprint density at radius 3 is 1.34 bits per heavy atom. The van der Waals surface area contributed by atoms with Gasteiger partial charge in [0.2, 0.25) is 0 Å². The molecule has 2 saturated heterocycles. The van der Waals surface area contributed by atoms with E-state index in [-0.39, 0.29) is 6.29 Å². The average molecular weight is 705 g/mol. The van der Waals surface area contributed by atoms with Gasteiger partial charge in [-0.05, 0) is 0 Å². The molecule has 2 heterocycles. The molecule has 2 fully saturated rings. The standard InChI is InChI=1S/C12H22O11.C6H14O6.C6H12O6/c13-1-3-5(15)6(16)9(19)12(22-3)23-10-4(2-14)21-11(20)8(18)7(10)17;2*7-1-3(9)5(11)6(12)4(10)2-8/h3-20H,1-2H2;3-12H,1-2H2;1,3-6,8-12H,2H2/t3-,4-,5-,6+,7-,8-,9-,10-,11-,12-;3-,4-,5-,6-;3-,4+,5+,6+/m110/s1. The maximum Gasteiger partial charge on any atom is 0.187 e. The highest BCUT2D eigenvalue weighted by Gasteiger charge is 2.50. The van der Waals surface area contributed by atoms with Crippen LogP contribution in [0.1, 0.15) is 0 Å². The minimum absolute atomic E-state index is 0.0258. The quantitative estimate of drug-likeness (QED) is 0.0746. The number of ether oxygens (including phenoxy) is 3. The Balaban J connectivity index is 0.000000749. The van der Waals surface area contributed by atoms with Gasteiger partial charge in [0, 0.05) is 0 Å². The number of hydrogen-bond acceptors (Lipinski definition) is 23. The fraction of sp³-hybridized carbons (Fsp3) is 0.958. The molecule has 0 aromatic carbocycles. The lowest BCUT2D eigenvalue weighted by Gasteiger charge is -2.45. The van der Waals surface area contributed by atoms with Crippen LogP contribution in [0.15, 0.2) is 0 Å². The summed E-state index contributed by atoms with van der Waals surface area (Å²) in [6.07, 6.45) is -28.8. The summed E-state index contributed by atoms with van der Waals surface area (Å²) in [4.78, 5) is 9.90. The lowest BCUT2D eigenvalue weighted by Crippen LogP contribution is -2.64. The fourth-order valence-electron chi connectivity index (χ4n) is 3.86. The van der Waals surface area contributed by atoms with E-state index in [4.69, 9.17) is 75.5 Å². The van der Waals surface area contributed by atoms with E-state index in [2.05, 4.69) is 0 Å². The van der Waals surface area contributed by atoms with Crippen molar-refractivity contribution in [1.82, 2.24) is 0 Å². The Kier molecular flexibility index (Phi) is 21.9. The minimum atomic E-state index is -1.79. The zero-order valence-corrected chi connectivity index (χ0v) is 24.6. The molecule has 282 valence electrons. The molecular formula is C24H48O23. The minimum Gasteiger partial charge on any atom is -0.394 e. The van der Waals surface area contributed by atoms with Gasteiger partial charge in [-0.25, -0.2) is 0 Å². The Hall–Kier alpha value is -1.21. The zero-order valence-electron chi connectivity index (χ0n) is 24.6. The van der Waals surface area contributed by atoms with E-state index in [1.807, 2.05) is 0 Å². The molecular weight excluding hydrogens is 656 g/mol. The topological polar surface area (TPSA) is 429 Å². The second-order valence-electron chi connectivity index (χ2n) is 10.4. The van der Waals surface area contributed by atoms with Crippen LogP contribution in [0.5, 0.6) is 0 Å². The normalized spacial score (nSPS) is 36.1. The molecule has 18 atom stereocenters. The van der Waals surface area contributed by atoms with Crippen LogP contribution >= 0.6 is 0 Å². The van der Waals surface area contributed by atoms with E-state index in [1.165, 1.54) is 0 Å². The largest absolute Gasteiger partial charge is 0.394 e. The Morgan fingerprint density at radius 2 is 0.957 bits per heavy atom. The summed E-state index contributed by atoms with van der Waals surface area (Å²) < 4.78 is 15.3. The Labute approximate surface area is 266 Å². The molecule has 2 aliphatic rings. The van der Waals surface area contributed by atoms with Crippen molar-refractivity contribution in [3.05, 3.63) is 0 Å². The number of carbonyl (C=O) groups is 1. The summed E-state index contributed by atoms with van der Waals surface area (Å²) in [5.41, 5.74) is 0. The maximum atomic E-state index is 9.94. The third kappa shape index (κ3) is 13.2. The SMILES string of the molecule is O=C[C@H](O)[C@@H](O)[C@H](O)[C@H](O)CO.OC[C@@H](O)[C@@H](O)[C@H](O)[C@H](O)CO.OC[C@H]1O[C@H](O[C@H]2[C@H](O)[C@@H](O)[C@H](O)O[C@@H]2CO)[C@H](O)[C@@H](O)[C@@H]1O. The summed E-state index contributed by atoms with van der Waals surface area (Å²) in [5.74, 6) is 0. The number of hydrogen-bond donors (Lipinski definition) is 19. The molecule has 2 aliphatic heterocycles. The van der Waals surface area contributed by atoms with Crippen LogP contribution in [-0.2, 0) is 19.0 Å². The molecule has 47 heavy (non-hydrogen) atoms. The zero-order chi connectivity index (χ0) is 36.8. The first kappa shape index (κ1) is 45.8. The summed E-state index contributed by atoms with van der Waals surface area (Å²) in [6.45, 7) is -3.56. The van der Waals surface area contributed by atoms with E-state index in [9.17, 15) is 40.5 Å². The van der Waals surface area contributed by atoms with E-state index < -0.39 is 143 Å². The molecule has 0 aromatic rings. The number of aliphatic hydroxyl groups excluding tert-OH is 19. The third-order valence-corrected chi connectivity index (χ3v) is 6.91. The third-order valence-electron chi connectivity index (χ3n) is 6.91. The molecule has 0 unspecified atom stereocenters. The molecule has 0 amide bonds. The highest BCUT2D eigenvalue weighted by molar-refractivity contribution is 5.56. The van der Waals surface area contributed by atoms with Gasteiger partial charge in [0.15, 0.2) is 18.9 Å². The van der Waals surface area contributed by atoms with Crippen molar-refractivity contribution in [2.24, 2.45) is 0 Å². The Morgan fingerprint density at radius 1 is 0.532 bits per heavy atom. The van der Waals surface area contributed by atoms with E-state index in [0.717, 1.165) is 0 Å². The first-order valence-electron chi connectivity index (χ1n) is 13.9. The number of rotatable bonds is 14. The van der Waals surface area contributed by atoms with Crippen molar-refractivity contribution in [3.63, 3.8) is 0 Å². The van der Waals surface area contributed by atoms with Gasteiger partial charge in [-0.2, -0.15) is 0 Å². The summed E-state index contributed by atoms with van der Waals surface area (Å²) in [7, 11) is 0. The predicted octanol–water partition coefficient (Wildman–Crippen LogP) is -12.4. The van der Waals surface area contributed by atoms with Gasteiger partial charge in [-0.1, -0.05) is 0 Å². The van der Waals surface area contributed by atoms with Crippen LogP contribution in [0.2, 0.25) is 0 Å². The highest BCUT2D eigenvalue weighted by atomic mass is 16.7. The van der Waals surface area contributed by atoms with Gasteiger partial charge in [-0.3, -0.25) is 0 Å². The van der Waals surface area contributed by atoms with Crippen LogP contribution in [0, 0.1) is 0 Å². The van der Waals surface area contributed by atoms with Gasteiger partial charge in [0.25, 0.3) is 0 Å². The van der Waals surface area contributed by atoms with Crippen molar-refractivity contribution >= 4 is 6.29 Å². The molecule has 23 nitrogen and oxygen atoms in total. The van der Waals surface area contributed by atoms with Gasteiger partial charge in [0.1, 0.15) is 97.7 Å². The van der Waals surface area contributed by atoms with Crippen LogP contribution in [-0.4, -0.2) is 247 Å². The molecule has 2 rings (SSSR count). The smallest absolute Gasteiger partial charge is 0.187 e. The monoisotopic (exact) mass is 704 g/mol. The second-order valence-corrected chi connectivity index (χ2v) is 10.4. The number of aldehydes is 1. The predicted molar refractivity (Wildman–Crippen MR) is 144 cm³/mol. The number of carbonyl (C=O) groups excluding carboxylic acids is 1. The molecule has 0 radical (unpaired) electrons. The molecule has 0 aliphatic carbocycles. The maximum absolute atomic E-state index is 9.94. The summed E-state index contributed by atoms with van der Waals surface area (Å²) in [5, 5.41) is 172. The first-order valence-corrected chi connectivity index (χ1v) is 13.9. The molecule has 0 aromatic heterocycles. The van der Waals surface area contributed by atoms with Crippen molar-refractivity contribution < 1.29 is 116 Å². The average Bonchev–Trinajstić information content (AvgIpc) is 3.09. The van der Waals surface area contributed by atoms with Gasteiger partial charge in [0.05, 0.1) is 33.0 Å². The van der Waals surface area contributed by atoms with Gasteiger partial charge >= 0.3 is 0 Å². The Bertz CT molecular complexity index is 810. The van der Waals surface area contributed by atoms with E-state index in [0.29, 0.717) is 0 Å². The fourth-order valence-corrected chi connectivity index (χ4v) is 3.86. The molecule has 0 bridgehead atoms. The summed E-state index contributed by atoms with van der Waals surface area (Å²) in [6, 6.07) is 0. The second kappa shape index (κ2) is 22.5. The summed E-state index contributed by atoms with van der Waals surface area (Å²) >= 11 is 0.